The average Bonchev–Trinajstić information content (AvgIpc) is 2.61. The second kappa shape index (κ2) is 7.63. The number of hydrogen-bond donors (Lipinski definition) is 2. The number of aromatic nitrogens is 2. The van der Waals surface area contributed by atoms with E-state index in [0.29, 0.717) is 5.69 Å². The highest BCUT2D eigenvalue weighted by Gasteiger charge is 2.30. The molecule has 0 aliphatic carbocycles. The summed E-state index contributed by atoms with van der Waals surface area (Å²) in [5, 5.41) is 5.16. The van der Waals surface area contributed by atoms with E-state index in [1.165, 1.54) is 36.4 Å². The molecule has 0 atom stereocenters. The number of anilines is 3. The predicted molar refractivity (Wildman–Crippen MR) is 95.8 cm³/mol. The Bertz CT molecular complexity index is 1020. The van der Waals surface area contributed by atoms with Gasteiger partial charge in [-0.2, -0.15) is 13.2 Å². The van der Waals surface area contributed by atoms with Crippen LogP contribution in [0.15, 0.2) is 54.6 Å². The molecule has 9 heteroatoms. The van der Waals surface area contributed by atoms with Gasteiger partial charge in [-0.05, 0) is 49.4 Å². The van der Waals surface area contributed by atoms with Crippen molar-refractivity contribution < 1.29 is 22.4 Å². The number of aryl methyl sites for hydroxylation is 1. The van der Waals surface area contributed by atoms with Crippen LogP contribution in [0.3, 0.4) is 0 Å². The molecule has 3 rings (SSSR count). The number of nitrogens with zero attached hydrogens (tertiary/aromatic N) is 2. The summed E-state index contributed by atoms with van der Waals surface area (Å²) >= 11 is 0. The molecule has 3 aromatic rings. The summed E-state index contributed by atoms with van der Waals surface area (Å²) < 4.78 is 51.8. The van der Waals surface area contributed by atoms with E-state index >= 15 is 0 Å². The molecule has 1 heterocycles. The van der Waals surface area contributed by atoms with E-state index < -0.39 is 23.5 Å². The van der Waals surface area contributed by atoms with Crippen LogP contribution in [0.4, 0.5) is 34.9 Å². The second-order valence-corrected chi connectivity index (χ2v) is 5.89. The maximum Gasteiger partial charge on any atom is 0.416 e. The molecule has 144 valence electrons. The van der Waals surface area contributed by atoms with Gasteiger partial charge >= 0.3 is 6.18 Å². The van der Waals surface area contributed by atoms with Crippen LogP contribution in [0.1, 0.15) is 21.7 Å². The Balaban J connectivity index is 1.83. The molecule has 5 nitrogen and oxygen atoms in total. The van der Waals surface area contributed by atoms with Gasteiger partial charge in [0.15, 0.2) is 0 Å². The van der Waals surface area contributed by atoms with Gasteiger partial charge in [0.05, 0.1) is 5.56 Å². The summed E-state index contributed by atoms with van der Waals surface area (Å²) in [5.74, 6) is -1.16. The number of rotatable bonds is 4. The lowest BCUT2D eigenvalue weighted by Crippen LogP contribution is -2.15. The topological polar surface area (TPSA) is 66.9 Å². The first-order chi connectivity index (χ1) is 13.2. The number of carbonyl (C=O) groups is 1. The molecule has 0 fully saturated rings. The molecular formula is C19H14F4N4O. The van der Waals surface area contributed by atoms with Crippen LogP contribution < -0.4 is 10.6 Å². The Morgan fingerprint density at radius 2 is 1.68 bits per heavy atom. The summed E-state index contributed by atoms with van der Waals surface area (Å²) in [6.07, 6.45) is -4.48. The van der Waals surface area contributed by atoms with Gasteiger partial charge in [0.1, 0.15) is 11.5 Å². The summed E-state index contributed by atoms with van der Waals surface area (Å²) in [6.45, 7) is 1.61. The smallest absolute Gasteiger partial charge is 0.324 e. The van der Waals surface area contributed by atoms with E-state index in [9.17, 15) is 22.4 Å². The molecule has 0 radical (unpaired) electrons. The Hall–Kier alpha value is -3.49. The summed E-state index contributed by atoms with van der Waals surface area (Å²) in [5.41, 5.74) is -0.0557. The van der Waals surface area contributed by atoms with Crippen LogP contribution in [-0.4, -0.2) is 15.9 Å². The Morgan fingerprint density at radius 3 is 2.39 bits per heavy atom. The Kier molecular flexibility index (Phi) is 5.25. The molecule has 0 saturated heterocycles. The molecule has 0 saturated carbocycles. The third-order valence-corrected chi connectivity index (χ3v) is 3.62. The lowest BCUT2D eigenvalue weighted by Gasteiger charge is -2.11. The number of carbonyl (C=O) groups excluding carboxylic acids is 1. The maximum absolute atomic E-state index is 13.2. The molecule has 0 bridgehead atoms. The van der Waals surface area contributed by atoms with Crippen LogP contribution in [0.5, 0.6) is 0 Å². The van der Waals surface area contributed by atoms with E-state index in [1.54, 1.807) is 6.92 Å². The summed E-state index contributed by atoms with van der Waals surface area (Å²) in [6, 6.07) is 11.3. The van der Waals surface area contributed by atoms with Crippen molar-refractivity contribution in [1.29, 1.82) is 0 Å². The highest BCUT2D eigenvalue weighted by atomic mass is 19.4. The zero-order valence-electron chi connectivity index (χ0n) is 14.5. The number of halogens is 4. The average molecular weight is 390 g/mol. The highest BCUT2D eigenvalue weighted by Crippen LogP contribution is 2.31. The quantitative estimate of drug-likeness (QED) is 0.620. The van der Waals surface area contributed by atoms with E-state index in [0.717, 1.165) is 18.2 Å². The maximum atomic E-state index is 13.2. The zero-order valence-corrected chi connectivity index (χ0v) is 14.5. The summed E-state index contributed by atoms with van der Waals surface area (Å²) in [7, 11) is 0. The largest absolute Gasteiger partial charge is 0.416 e. The van der Waals surface area contributed by atoms with Gasteiger partial charge in [0, 0.05) is 17.1 Å². The molecule has 2 N–H and O–H groups in total. The van der Waals surface area contributed by atoms with Gasteiger partial charge in [-0.15, -0.1) is 0 Å². The number of alkyl halides is 3. The SMILES string of the molecule is Cc1cc(C(=O)Nc2cccc(F)c2)nc(Nc2cccc(C(F)(F)F)c2)n1. The fraction of sp³-hybridized carbons (Fsp3) is 0.105. The minimum atomic E-state index is -4.48. The second-order valence-electron chi connectivity index (χ2n) is 5.89. The van der Waals surface area contributed by atoms with Gasteiger partial charge < -0.3 is 10.6 Å². The van der Waals surface area contributed by atoms with Crippen molar-refractivity contribution >= 4 is 23.2 Å². The van der Waals surface area contributed by atoms with Crippen molar-refractivity contribution in [3.63, 3.8) is 0 Å². The molecular weight excluding hydrogens is 376 g/mol. The Morgan fingerprint density at radius 1 is 0.964 bits per heavy atom. The van der Waals surface area contributed by atoms with E-state index in [-0.39, 0.29) is 23.0 Å². The van der Waals surface area contributed by atoms with Crippen molar-refractivity contribution in [3.05, 3.63) is 77.4 Å². The van der Waals surface area contributed by atoms with Crippen molar-refractivity contribution in [1.82, 2.24) is 9.97 Å². The number of benzene rings is 2. The van der Waals surface area contributed by atoms with Crippen molar-refractivity contribution in [2.24, 2.45) is 0 Å². The third-order valence-electron chi connectivity index (χ3n) is 3.62. The predicted octanol–water partition coefficient (Wildman–Crippen LogP) is 4.94. The first-order valence-electron chi connectivity index (χ1n) is 8.07. The standard InChI is InChI=1S/C19H14F4N4O/c1-11-8-16(17(28)25-15-7-3-5-13(20)10-15)27-18(24-11)26-14-6-2-4-12(9-14)19(21,22)23/h2-10H,1H3,(H,25,28)(H,24,26,27). The van der Waals surface area contributed by atoms with Crippen LogP contribution in [0.25, 0.3) is 0 Å². The van der Waals surface area contributed by atoms with Gasteiger partial charge in [0.2, 0.25) is 5.95 Å². The monoisotopic (exact) mass is 390 g/mol. The van der Waals surface area contributed by atoms with Crippen LogP contribution in [0, 0.1) is 12.7 Å². The molecule has 1 aromatic heterocycles. The summed E-state index contributed by atoms with van der Waals surface area (Å²) in [4.78, 5) is 20.5. The fourth-order valence-electron chi connectivity index (χ4n) is 2.40. The Labute approximate surface area is 157 Å². The highest BCUT2D eigenvalue weighted by molar-refractivity contribution is 6.03. The molecule has 0 unspecified atom stereocenters. The van der Waals surface area contributed by atoms with Crippen molar-refractivity contribution in [2.45, 2.75) is 13.1 Å². The van der Waals surface area contributed by atoms with Crippen LogP contribution >= 0.6 is 0 Å². The van der Waals surface area contributed by atoms with Crippen molar-refractivity contribution in [3.8, 4) is 0 Å². The molecule has 0 aliphatic heterocycles. The first-order valence-corrected chi connectivity index (χ1v) is 8.07. The van der Waals surface area contributed by atoms with Crippen LogP contribution in [-0.2, 0) is 6.18 Å². The molecule has 1 amide bonds. The van der Waals surface area contributed by atoms with E-state index in [1.807, 2.05) is 0 Å². The van der Waals surface area contributed by atoms with Gasteiger partial charge in [0.25, 0.3) is 5.91 Å². The zero-order chi connectivity index (χ0) is 20.3. The van der Waals surface area contributed by atoms with E-state index in [4.69, 9.17) is 0 Å². The molecule has 0 aliphatic rings. The molecule has 0 spiro atoms. The minimum absolute atomic E-state index is 0.0220. The van der Waals surface area contributed by atoms with Crippen molar-refractivity contribution in [2.75, 3.05) is 10.6 Å². The lowest BCUT2D eigenvalue weighted by molar-refractivity contribution is -0.137. The molecule has 28 heavy (non-hydrogen) atoms. The van der Waals surface area contributed by atoms with Gasteiger partial charge in [-0.3, -0.25) is 4.79 Å². The lowest BCUT2D eigenvalue weighted by atomic mass is 10.2. The van der Waals surface area contributed by atoms with Gasteiger partial charge in [-0.1, -0.05) is 12.1 Å². The third kappa shape index (κ3) is 4.81. The first kappa shape index (κ1) is 19.3. The number of amides is 1. The number of hydrogen-bond acceptors (Lipinski definition) is 4. The molecule has 2 aromatic carbocycles. The van der Waals surface area contributed by atoms with E-state index in [2.05, 4.69) is 20.6 Å². The number of nitrogens with one attached hydrogen (secondary N) is 2. The fourth-order valence-corrected chi connectivity index (χ4v) is 2.40. The van der Waals surface area contributed by atoms with Gasteiger partial charge in [-0.25, -0.2) is 14.4 Å². The normalized spacial score (nSPS) is 11.2. The minimum Gasteiger partial charge on any atom is -0.324 e. The van der Waals surface area contributed by atoms with Crippen LogP contribution in [0.2, 0.25) is 0 Å².